The topological polar surface area (TPSA) is 30.0 Å². The van der Waals surface area contributed by atoms with Gasteiger partial charge in [0.05, 0.1) is 0 Å². The van der Waals surface area contributed by atoms with Crippen molar-refractivity contribution < 1.29 is 4.79 Å². The lowest BCUT2D eigenvalue weighted by molar-refractivity contribution is 0.0993. The van der Waals surface area contributed by atoms with Crippen molar-refractivity contribution in [1.29, 1.82) is 0 Å². The molecular weight excluding hydrogens is 278 g/mol. The normalized spacial score (nSPS) is 10.8. The molecule has 19 heavy (non-hydrogen) atoms. The van der Waals surface area contributed by atoms with Gasteiger partial charge in [-0.1, -0.05) is 29.8 Å². The number of carbonyl (C=O) groups excluding carboxylic acids is 1. The number of benzene rings is 1. The first-order valence-corrected chi connectivity index (χ1v) is 7.09. The summed E-state index contributed by atoms with van der Waals surface area (Å²) in [6.07, 6.45) is 1.95. The van der Waals surface area contributed by atoms with Gasteiger partial charge in [0.15, 0.2) is 5.78 Å². The van der Waals surface area contributed by atoms with E-state index in [-0.39, 0.29) is 5.78 Å². The van der Waals surface area contributed by atoms with E-state index in [0.29, 0.717) is 17.1 Å². The lowest BCUT2D eigenvalue weighted by Gasteiger charge is -2.01. The van der Waals surface area contributed by atoms with Gasteiger partial charge < -0.3 is 0 Å². The molecule has 94 valence electrons. The molecule has 2 nitrogen and oxygen atoms in total. The van der Waals surface area contributed by atoms with Crippen molar-refractivity contribution >= 4 is 38.8 Å². The Balaban J connectivity index is 1.91. The van der Waals surface area contributed by atoms with E-state index in [4.69, 9.17) is 11.6 Å². The van der Waals surface area contributed by atoms with Crippen molar-refractivity contribution in [2.75, 3.05) is 0 Å². The first-order chi connectivity index (χ1) is 9.24. The number of aromatic nitrogens is 1. The average molecular weight is 288 g/mol. The zero-order valence-corrected chi connectivity index (χ0v) is 11.5. The lowest BCUT2D eigenvalue weighted by atomic mass is 10.0. The fraction of sp³-hybridized carbons (Fsp3) is 0.0667. The SMILES string of the molecule is O=C(Cc1csc2ccccc12)c1ccnc(Cl)c1. The van der Waals surface area contributed by atoms with Gasteiger partial charge in [0.2, 0.25) is 0 Å². The summed E-state index contributed by atoms with van der Waals surface area (Å²) in [4.78, 5) is 16.1. The van der Waals surface area contributed by atoms with Crippen LogP contribution in [0.25, 0.3) is 10.1 Å². The first-order valence-electron chi connectivity index (χ1n) is 5.84. The highest BCUT2D eigenvalue weighted by atomic mass is 35.5. The van der Waals surface area contributed by atoms with E-state index in [1.54, 1.807) is 29.7 Å². The number of Topliss-reactive ketones (excluding diaryl/α,β-unsaturated/α-hetero) is 1. The van der Waals surface area contributed by atoms with E-state index in [1.165, 1.54) is 4.70 Å². The summed E-state index contributed by atoms with van der Waals surface area (Å²) >= 11 is 7.47. The number of hydrogen-bond donors (Lipinski definition) is 0. The van der Waals surface area contributed by atoms with E-state index < -0.39 is 0 Å². The Bertz CT molecular complexity index is 750. The molecule has 0 bridgehead atoms. The van der Waals surface area contributed by atoms with Crippen molar-refractivity contribution in [1.82, 2.24) is 4.98 Å². The molecule has 4 heteroatoms. The van der Waals surface area contributed by atoms with E-state index in [1.807, 2.05) is 23.6 Å². The molecular formula is C15H10ClNOS. The maximum absolute atomic E-state index is 12.2. The van der Waals surface area contributed by atoms with Crippen LogP contribution in [0.4, 0.5) is 0 Å². The average Bonchev–Trinajstić information content (AvgIpc) is 2.82. The van der Waals surface area contributed by atoms with Crippen LogP contribution in [-0.2, 0) is 6.42 Å². The zero-order chi connectivity index (χ0) is 13.2. The number of fused-ring (bicyclic) bond motifs is 1. The molecule has 2 heterocycles. The smallest absolute Gasteiger partial charge is 0.167 e. The van der Waals surface area contributed by atoms with E-state index in [9.17, 15) is 4.79 Å². The van der Waals surface area contributed by atoms with Crippen LogP contribution < -0.4 is 0 Å². The lowest BCUT2D eigenvalue weighted by Crippen LogP contribution is -2.03. The quantitative estimate of drug-likeness (QED) is 0.529. The minimum Gasteiger partial charge on any atom is -0.294 e. The standard InChI is InChI=1S/C15H10ClNOS/c16-15-8-10(5-6-17-15)13(18)7-11-9-19-14-4-2-1-3-12(11)14/h1-6,8-9H,7H2. The summed E-state index contributed by atoms with van der Waals surface area (Å²) in [5, 5.41) is 3.55. The second-order valence-electron chi connectivity index (χ2n) is 4.22. The molecule has 0 unspecified atom stereocenters. The predicted octanol–water partition coefficient (Wildman–Crippen LogP) is 4.38. The van der Waals surface area contributed by atoms with Gasteiger partial charge in [0.1, 0.15) is 5.15 Å². The number of rotatable bonds is 3. The maximum atomic E-state index is 12.2. The van der Waals surface area contributed by atoms with Crippen molar-refractivity contribution in [3.63, 3.8) is 0 Å². The number of pyridine rings is 1. The molecule has 0 radical (unpaired) electrons. The molecule has 3 rings (SSSR count). The predicted molar refractivity (Wildman–Crippen MR) is 79.1 cm³/mol. The van der Waals surface area contributed by atoms with Crippen LogP contribution in [-0.4, -0.2) is 10.8 Å². The van der Waals surface area contributed by atoms with Crippen LogP contribution >= 0.6 is 22.9 Å². The number of thiophene rings is 1. The second kappa shape index (κ2) is 5.11. The molecule has 0 saturated heterocycles. The first kappa shape index (κ1) is 12.3. The third-order valence-corrected chi connectivity index (χ3v) is 4.18. The molecule has 0 aliphatic rings. The Kier molecular flexibility index (Phi) is 3.32. The monoisotopic (exact) mass is 287 g/mol. The summed E-state index contributed by atoms with van der Waals surface area (Å²) in [6, 6.07) is 11.4. The minimum absolute atomic E-state index is 0.0628. The summed E-state index contributed by atoms with van der Waals surface area (Å²) in [6.45, 7) is 0. The molecule has 0 spiro atoms. The third kappa shape index (κ3) is 2.53. The van der Waals surface area contributed by atoms with Crippen molar-refractivity contribution in [3.05, 3.63) is 64.3 Å². The highest BCUT2D eigenvalue weighted by Crippen LogP contribution is 2.26. The third-order valence-electron chi connectivity index (χ3n) is 2.96. The van der Waals surface area contributed by atoms with Crippen LogP contribution in [0.5, 0.6) is 0 Å². The van der Waals surface area contributed by atoms with Gasteiger partial charge in [0.25, 0.3) is 0 Å². The molecule has 1 aromatic carbocycles. The van der Waals surface area contributed by atoms with Crippen LogP contribution in [0.1, 0.15) is 15.9 Å². The van der Waals surface area contributed by atoms with Gasteiger partial charge in [-0.05, 0) is 34.5 Å². The van der Waals surface area contributed by atoms with Gasteiger partial charge in [-0.15, -0.1) is 11.3 Å². The molecule has 2 aromatic heterocycles. The Morgan fingerprint density at radius 2 is 2.11 bits per heavy atom. The second-order valence-corrected chi connectivity index (χ2v) is 5.52. The molecule has 0 aliphatic carbocycles. The van der Waals surface area contributed by atoms with Crippen LogP contribution in [0.3, 0.4) is 0 Å². The Morgan fingerprint density at radius 3 is 2.95 bits per heavy atom. The van der Waals surface area contributed by atoms with Gasteiger partial charge in [-0.2, -0.15) is 0 Å². The molecule has 0 saturated carbocycles. The summed E-state index contributed by atoms with van der Waals surface area (Å²) in [5.41, 5.74) is 1.67. The molecule has 3 aromatic rings. The van der Waals surface area contributed by atoms with Gasteiger partial charge in [-0.25, -0.2) is 4.98 Å². The fourth-order valence-electron chi connectivity index (χ4n) is 2.02. The largest absolute Gasteiger partial charge is 0.294 e. The van der Waals surface area contributed by atoms with E-state index in [0.717, 1.165) is 10.9 Å². The van der Waals surface area contributed by atoms with E-state index in [2.05, 4.69) is 11.1 Å². The number of halogens is 1. The Hall–Kier alpha value is -1.71. The maximum Gasteiger partial charge on any atom is 0.167 e. The summed E-state index contributed by atoms with van der Waals surface area (Å²) in [5.74, 6) is 0.0628. The molecule has 0 fully saturated rings. The highest BCUT2D eigenvalue weighted by molar-refractivity contribution is 7.17. The van der Waals surface area contributed by atoms with Crippen LogP contribution in [0.2, 0.25) is 5.15 Å². The number of nitrogens with zero attached hydrogens (tertiary/aromatic N) is 1. The van der Waals surface area contributed by atoms with Crippen molar-refractivity contribution in [3.8, 4) is 0 Å². The molecule has 0 aliphatic heterocycles. The summed E-state index contributed by atoms with van der Waals surface area (Å²) in [7, 11) is 0. The number of hydrogen-bond acceptors (Lipinski definition) is 3. The number of carbonyl (C=O) groups is 1. The van der Waals surface area contributed by atoms with Gasteiger partial charge in [-0.3, -0.25) is 4.79 Å². The Labute approximate surface area is 119 Å². The minimum atomic E-state index is 0.0628. The summed E-state index contributed by atoms with van der Waals surface area (Å²) < 4.78 is 1.21. The van der Waals surface area contributed by atoms with Gasteiger partial charge >= 0.3 is 0 Å². The molecule has 0 atom stereocenters. The molecule has 0 amide bonds. The molecule has 0 N–H and O–H groups in total. The van der Waals surface area contributed by atoms with Crippen LogP contribution in [0.15, 0.2) is 48.0 Å². The van der Waals surface area contributed by atoms with E-state index >= 15 is 0 Å². The fourth-order valence-corrected chi connectivity index (χ4v) is 3.16. The zero-order valence-electron chi connectivity index (χ0n) is 9.97. The number of ketones is 1. The highest BCUT2D eigenvalue weighted by Gasteiger charge is 2.11. The van der Waals surface area contributed by atoms with Crippen molar-refractivity contribution in [2.45, 2.75) is 6.42 Å². The van der Waals surface area contributed by atoms with Crippen molar-refractivity contribution in [2.24, 2.45) is 0 Å². The Morgan fingerprint density at radius 1 is 1.26 bits per heavy atom. The van der Waals surface area contributed by atoms with Crippen LogP contribution in [0, 0.1) is 0 Å². The van der Waals surface area contributed by atoms with Gasteiger partial charge in [0, 0.05) is 22.9 Å².